The summed E-state index contributed by atoms with van der Waals surface area (Å²) < 4.78 is 38.8. The van der Waals surface area contributed by atoms with Crippen molar-refractivity contribution in [2.24, 2.45) is 0 Å². The van der Waals surface area contributed by atoms with Gasteiger partial charge in [0.05, 0.1) is 6.61 Å². The molecular weight excluding hydrogens is 462 g/mol. The highest BCUT2D eigenvalue weighted by atomic mass is 19.1. The van der Waals surface area contributed by atoms with Crippen molar-refractivity contribution in [1.29, 1.82) is 0 Å². The fraction of sp³-hybridized carbons (Fsp3) is 0.414. The summed E-state index contributed by atoms with van der Waals surface area (Å²) in [5.74, 6) is 0.659. The average Bonchev–Trinajstić information content (AvgIpc) is 2.89. The molecule has 0 N–H and O–H groups in total. The third-order valence-electron chi connectivity index (χ3n) is 5.98. The molecule has 0 radical (unpaired) electrons. The van der Waals surface area contributed by atoms with Crippen LogP contribution in [0.4, 0.5) is 8.78 Å². The average molecular weight is 497 g/mol. The summed E-state index contributed by atoms with van der Waals surface area (Å²) in [5.41, 5.74) is 0.465. The lowest BCUT2D eigenvalue weighted by Gasteiger charge is -2.18. The molecule has 0 aliphatic heterocycles. The number of hydrogen-bond acceptors (Lipinski definition) is 5. The van der Waals surface area contributed by atoms with Crippen molar-refractivity contribution >= 4 is 5.97 Å². The smallest absolute Gasteiger partial charge is 0.348 e. The molecule has 0 spiro atoms. The van der Waals surface area contributed by atoms with Crippen molar-refractivity contribution in [3.63, 3.8) is 0 Å². The number of nitrogens with zero attached hydrogens (tertiary/aromatic N) is 2. The van der Waals surface area contributed by atoms with Gasteiger partial charge >= 0.3 is 5.97 Å². The molecule has 0 fully saturated rings. The molecule has 7 heteroatoms. The van der Waals surface area contributed by atoms with Crippen LogP contribution in [0, 0.1) is 0 Å². The molecule has 0 bridgehead atoms. The monoisotopic (exact) mass is 496 g/mol. The quantitative estimate of drug-likeness (QED) is 0.139. The molecule has 5 nitrogen and oxygen atoms in total. The zero-order chi connectivity index (χ0) is 26.0. The first-order chi connectivity index (χ1) is 17.3. The second-order valence-electron chi connectivity index (χ2n) is 9.03. The highest BCUT2D eigenvalue weighted by Crippen LogP contribution is 2.26. The summed E-state index contributed by atoms with van der Waals surface area (Å²) in [7, 11) is 0. The molecule has 3 rings (SSSR count). The molecule has 0 amide bonds. The molecule has 2 atom stereocenters. The number of alkyl halides is 2. The van der Waals surface area contributed by atoms with Gasteiger partial charge in [0.1, 0.15) is 17.7 Å². The van der Waals surface area contributed by atoms with E-state index in [2.05, 4.69) is 9.97 Å². The van der Waals surface area contributed by atoms with Crippen LogP contribution in [-0.4, -0.2) is 34.4 Å². The van der Waals surface area contributed by atoms with Crippen LogP contribution in [0.25, 0.3) is 22.5 Å². The summed E-state index contributed by atoms with van der Waals surface area (Å²) in [5, 5.41) is 0. The van der Waals surface area contributed by atoms with Crippen LogP contribution < -0.4 is 9.47 Å². The molecule has 1 aromatic heterocycles. The molecule has 0 saturated carbocycles. The minimum Gasteiger partial charge on any atom is -0.493 e. The summed E-state index contributed by atoms with van der Waals surface area (Å²) in [6.07, 6.45) is 6.09. The lowest BCUT2D eigenvalue weighted by atomic mass is 10.0. The molecule has 0 aliphatic rings. The van der Waals surface area contributed by atoms with Gasteiger partial charge < -0.3 is 9.47 Å². The van der Waals surface area contributed by atoms with Crippen molar-refractivity contribution in [2.75, 3.05) is 6.61 Å². The summed E-state index contributed by atoms with van der Waals surface area (Å²) in [6.45, 7) is 5.45. The number of halogens is 2. The lowest BCUT2D eigenvalue weighted by Crippen LogP contribution is -2.34. The third kappa shape index (κ3) is 7.83. The number of unbranched alkanes of at least 4 members (excludes halogenated alkanes) is 2. The van der Waals surface area contributed by atoms with E-state index in [0.717, 1.165) is 29.5 Å². The van der Waals surface area contributed by atoms with E-state index in [1.165, 1.54) is 6.92 Å². The van der Waals surface area contributed by atoms with E-state index >= 15 is 0 Å². The van der Waals surface area contributed by atoms with E-state index in [4.69, 9.17) is 9.47 Å². The summed E-state index contributed by atoms with van der Waals surface area (Å²) in [6, 6.07) is 14.2. The normalized spacial score (nSPS) is 13.6. The predicted octanol–water partition coefficient (Wildman–Crippen LogP) is 7.54. The number of benzene rings is 2. The topological polar surface area (TPSA) is 61.3 Å². The third-order valence-corrected chi connectivity index (χ3v) is 5.98. The fourth-order valence-corrected chi connectivity index (χ4v) is 3.57. The molecule has 2 aromatic carbocycles. The second-order valence-corrected chi connectivity index (χ2v) is 9.03. The highest BCUT2D eigenvalue weighted by molar-refractivity contribution is 5.81. The maximum absolute atomic E-state index is 14.6. The molecule has 0 saturated heterocycles. The van der Waals surface area contributed by atoms with Crippen LogP contribution in [0.15, 0.2) is 60.9 Å². The molecular formula is C29H34F2N2O3. The van der Waals surface area contributed by atoms with E-state index in [0.29, 0.717) is 43.2 Å². The van der Waals surface area contributed by atoms with Crippen molar-refractivity contribution in [2.45, 2.75) is 71.1 Å². The first-order valence-corrected chi connectivity index (χ1v) is 12.5. The Morgan fingerprint density at radius 1 is 0.917 bits per heavy atom. The molecule has 3 aromatic rings. The largest absolute Gasteiger partial charge is 0.493 e. The van der Waals surface area contributed by atoms with Gasteiger partial charge in [0, 0.05) is 29.9 Å². The number of ether oxygens (including phenoxy) is 2. The fourth-order valence-electron chi connectivity index (χ4n) is 3.57. The van der Waals surface area contributed by atoms with Crippen LogP contribution in [0.1, 0.15) is 59.3 Å². The minimum atomic E-state index is -2.01. The van der Waals surface area contributed by atoms with Crippen LogP contribution in [0.3, 0.4) is 0 Å². The zero-order valence-corrected chi connectivity index (χ0v) is 21.2. The Kier molecular flexibility index (Phi) is 9.91. The Bertz CT molecular complexity index is 1090. The van der Waals surface area contributed by atoms with Gasteiger partial charge in [-0.05, 0) is 68.1 Å². The Morgan fingerprint density at radius 3 is 2.14 bits per heavy atom. The van der Waals surface area contributed by atoms with Crippen LogP contribution >= 0.6 is 0 Å². The van der Waals surface area contributed by atoms with Crippen molar-refractivity contribution in [1.82, 2.24) is 9.97 Å². The van der Waals surface area contributed by atoms with Gasteiger partial charge in [0.25, 0.3) is 0 Å². The van der Waals surface area contributed by atoms with Crippen molar-refractivity contribution in [3.05, 3.63) is 60.9 Å². The van der Waals surface area contributed by atoms with Crippen molar-refractivity contribution in [3.8, 4) is 34.0 Å². The lowest BCUT2D eigenvalue weighted by molar-refractivity contribution is -0.147. The van der Waals surface area contributed by atoms with Crippen molar-refractivity contribution < 1.29 is 23.0 Å². The maximum Gasteiger partial charge on any atom is 0.348 e. The van der Waals surface area contributed by atoms with Gasteiger partial charge in [-0.1, -0.05) is 38.8 Å². The molecule has 1 heterocycles. The van der Waals surface area contributed by atoms with E-state index < -0.39 is 17.8 Å². The van der Waals surface area contributed by atoms with Crippen LogP contribution in [-0.2, 0) is 4.79 Å². The Labute approximate surface area is 211 Å². The van der Waals surface area contributed by atoms with Crippen LogP contribution in [0.5, 0.6) is 11.5 Å². The zero-order valence-electron chi connectivity index (χ0n) is 21.2. The molecule has 192 valence electrons. The second kappa shape index (κ2) is 13.1. The SMILES string of the molecule is CCCCC[C@](C)(F)C(=O)Oc1ccc(-c2cnc(-c3ccc(OCC[C@@H](F)CC)cc3)nc2)cc1. The number of hydrogen-bond donors (Lipinski definition) is 0. The van der Waals surface area contributed by atoms with Gasteiger partial charge in [-0.2, -0.15) is 0 Å². The standard InChI is InChI=1S/C29H34F2N2O3/c1-4-6-7-17-29(3,31)28(34)36-26-14-8-21(9-15-26)23-19-32-27(33-20-23)22-10-12-25(13-11-22)35-18-16-24(30)5-2/h8-15,19-20,24H,4-7,16-18H2,1-3H3/t24-,29-/m0/s1. The van der Waals surface area contributed by atoms with E-state index in [9.17, 15) is 13.6 Å². The molecule has 36 heavy (non-hydrogen) atoms. The van der Waals surface area contributed by atoms with Crippen LogP contribution in [0.2, 0.25) is 0 Å². The van der Waals surface area contributed by atoms with Gasteiger partial charge in [-0.3, -0.25) is 0 Å². The van der Waals surface area contributed by atoms with Gasteiger partial charge in [0.15, 0.2) is 5.82 Å². The first-order valence-electron chi connectivity index (χ1n) is 12.5. The number of esters is 1. The number of carbonyl (C=O) groups excluding carboxylic acids is 1. The van der Waals surface area contributed by atoms with Gasteiger partial charge in [-0.15, -0.1) is 0 Å². The van der Waals surface area contributed by atoms with E-state index in [1.54, 1.807) is 36.7 Å². The summed E-state index contributed by atoms with van der Waals surface area (Å²) >= 11 is 0. The Hall–Kier alpha value is -3.35. The molecule has 0 aliphatic carbocycles. The van der Waals surface area contributed by atoms with Gasteiger partial charge in [-0.25, -0.2) is 23.5 Å². The van der Waals surface area contributed by atoms with E-state index in [-0.39, 0.29) is 6.42 Å². The summed E-state index contributed by atoms with van der Waals surface area (Å²) in [4.78, 5) is 21.1. The molecule has 0 unspecified atom stereocenters. The number of rotatable bonds is 13. The Morgan fingerprint density at radius 2 is 1.53 bits per heavy atom. The minimum absolute atomic E-state index is 0.149. The number of aromatic nitrogens is 2. The van der Waals surface area contributed by atoms with E-state index in [1.807, 2.05) is 38.1 Å². The number of carbonyl (C=O) groups is 1. The maximum atomic E-state index is 14.6. The predicted molar refractivity (Wildman–Crippen MR) is 137 cm³/mol. The first kappa shape index (κ1) is 27.2. The highest BCUT2D eigenvalue weighted by Gasteiger charge is 2.34. The van der Waals surface area contributed by atoms with Gasteiger partial charge in [0.2, 0.25) is 5.67 Å². The Balaban J connectivity index is 1.57.